The van der Waals surface area contributed by atoms with Crippen LogP contribution in [0.15, 0.2) is 40.9 Å². The van der Waals surface area contributed by atoms with E-state index in [1.54, 1.807) is 30.3 Å². The molecule has 104 valence electrons. The van der Waals surface area contributed by atoms with Crippen molar-refractivity contribution < 1.29 is 19.4 Å². The first kappa shape index (κ1) is 14.3. The van der Waals surface area contributed by atoms with Crippen molar-refractivity contribution in [3.8, 4) is 11.6 Å². The Morgan fingerprint density at radius 2 is 2.05 bits per heavy atom. The molecular formula is C14H12BrNO4. The van der Waals surface area contributed by atoms with E-state index in [-0.39, 0.29) is 17.9 Å². The zero-order chi connectivity index (χ0) is 14.5. The molecule has 20 heavy (non-hydrogen) atoms. The first-order valence-electron chi connectivity index (χ1n) is 5.76. The summed E-state index contributed by atoms with van der Waals surface area (Å²) < 4.78 is 11.2. The SMILES string of the molecule is COc1cccc(COc2c(Br)cccc2C(=O)O)n1. The van der Waals surface area contributed by atoms with Crippen molar-refractivity contribution in [2.75, 3.05) is 7.11 Å². The van der Waals surface area contributed by atoms with Gasteiger partial charge in [-0.3, -0.25) is 0 Å². The van der Waals surface area contributed by atoms with Gasteiger partial charge < -0.3 is 14.6 Å². The van der Waals surface area contributed by atoms with E-state index in [0.29, 0.717) is 16.0 Å². The third-order valence-electron chi connectivity index (χ3n) is 2.55. The van der Waals surface area contributed by atoms with E-state index in [9.17, 15) is 4.79 Å². The minimum absolute atomic E-state index is 0.0993. The van der Waals surface area contributed by atoms with Crippen LogP contribution in [0, 0.1) is 0 Å². The van der Waals surface area contributed by atoms with Crippen LogP contribution < -0.4 is 9.47 Å². The number of pyridine rings is 1. The topological polar surface area (TPSA) is 68.7 Å². The average molecular weight is 338 g/mol. The summed E-state index contributed by atoms with van der Waals surface area (Å²) in [7, 11) is 1.53. The van der Waals surface area contributed by atoms with Gasteiger partial charge in [0.05, 0.1) is 17.3 Å². The van der Waals surface area contributed by atoms with Crippen molar-refractivity contribution in [1.29, 1.82) is 0 Å². The lowest BCUT2D eigenvalue weighted by atomic mass is 10.2. The molecule has 0 aliphatic rings. The summed E-state index contributed by atoms with van der Waals surface area (Å²) in [6.07, 6.45) is 0. The third kappa shape index (κ3) is 3.27. The standard InChI is InChI=1S/C14H12BrNO4/c1-19-12-7-2-4-9(16-12)8-20-13-10(14(17)18)5-3-6-11(13)15/h2-7H,8H2,1H3,(H,17,18). The van der Waals surface area contributed by atoms with Crippen LogP contribution in [0.4, 0.5) is 0 Å². The van der Waals surface area contributed by atoms with Gasteiger partial charge in [-0.15, -0.1) is 0 Å². The maximum absolute atomic E-state index is 11.1. The Labute approximate surface area is 124 Å². The van der Waals surface area contributed by atoms with Gasteiger partial charge in [-0.2, -0.15) is 0 Å². The average Bonchev–Trinajstić information content (AvgIpc) is 2.45. The van der Waals surface area contributed by atoms with Crippen molar-refractivity contribution in [1.82, 2.24) is 4.98 Å². The number of carboxylic acids is 1. The van der Waals surface area contributed by atoms with Crippen molar-refractivity contribution in [3.05, 3.63) is 52.1 Å². The molecule has 0 spiro atoms. The molecule has 0 amide bonds. The quantitative estimate of drug-likeness (QED) is 0.907. The van der Waals surface area contributed by atoms with Gasteiger partial charge in [-0.05, 0) is 34.1 Å². The van der Waals surface area contributed by atoms with Crippen LogP contribution in [0.3, 0.4) is 0 Å². The number of hydrogen-bond acceptors (Lipinski definition) is 4. The number of aromatic carboxylic acids is 1. The van der Waals surface area contributed by atoms with E-state index in [1.807, 2.05) is 0 Å². The van der Waals surface area contributed by atoms with Gasteiger partial charge in [-0.25, -0.2) is 9.78 Å². The Hall–Kier alpha value is -2.08. The Morgan fingerprint density at radius 3 is 2.75 bits per heavy atom. The third-order valence-corrected chi connectivity index (χ3v) is 3.18. The lowest BCUT2D eigenvalue weighted by molar-refractivity contribution is 0.0691. The summed E-state index contributed by atoms with van der Waals surface area (Å²) >= 11 is 3.28. The molecule has 5 nitrogen and oxygen atoms in total. The van der Waals surface area contributed by atoms with Gasteiger partial charge in [-0.1, -0.05) is 12.1 Å². The number of methoxy groups -OCH3 is 1. The summed E-state index contributed by atoms with van der Waals surface area (Å²) in [5.74, 6) is -0.277. The molecule has 0 aliphatic heterocycles. The highest BCUT2D eigenvalue weighted by molar-refractivity contribution is 9.10. The van der Waals surface area contributed by atoms with Gasteiger partial charge in [0, 0.05) is 6.07 Å². The molecule has 1 aromatic heterocycles. The van der Waals surface area contributed by atoms with Crippen LogP contribution in [0.25, 0.3) is 0 Å². The van der Waals surface area contributed by atoms with Crippen molar-refractivity contribution >= 4 is 21.9 Å². The molecule has 0 unspecified atom stereocenters. The van der Waals surface area contributed by atoms with Gasteiger partial charge in [0.25, 0.3) is 0 Å². The number of para-hydroxylation sites is 1. The number of hydrogen-bond donors (Lipinski definition) is 1. The first-order chi connectivity index (χ1) is 9.61. The molecule has 0 bridgehead atoms. The summed E-state index contributed by atoms with van der Waals surface area (Å²) in [5.41, 5.74) is 0.749. The molecule has 1 aromatic carbocycles. The van der Waals surface area contributed by atoms with Crippen LogP contribution in [0.2, 0.25) is 0 Å². The zero-order valence-electron chi connectivity index (χ0n) is 10.7. The molecule has 0 atom stereocenters. The number of rotatable bonds is 5. The summed E-state index contributed by atoms with van der Waals surface area (Å²) in [5, 5.41) is 9.13. The van der Waals surface area contributed by atoms with Crippen LogP contribution in [-0.2, 0) is 6.61 Å². The Kier molecular flexibility index (Phi) is 4.57. The van der Waals surface area contributed by atoms with Gasteiger partial charge in [0.15, 0.2) is 0 Å². The van der Waals surface area contributed by atoms with E-state index >= 15 is 0 Å². The number of benzene rings is 1. The largest absolute Gasteiger partial charge is 0.485 e. The monoisotopic (exact) mass is 337 g/mol. The number of carbonyl (C=O) groups is 1. The highest BCUT2D eigenvalue weighted by Gasteiger charge is 2.14. The van der Waals surface area contributed by atoms with E-state index in [0.717, 1.165) is 0 Å². The normalized spacial score (nSPS) is 10.1. The maximum atomic E-state index is 11.1. The predicted molar refractivity (Wildman–Crippen MR) is 76.2 cm³/mol. The number of nitrogens with zero attached hydrogens (tertiary/aromatic N) is 1. The molecule has 0 fully saturated rings. The molecule has 2 rings (SSSR count). The molecule has 2 aromatic rings. The summed E-state index contributed by atoms with van der Waals surface area (Å²) in [4.78, 5) is 15.3. The molecule has 0 saturated heterocycles. The zero-order valence-corrected chi connectivity index (χ0v) is 12.3. The van der Waals surface area contributed by atoms with Crippen molar-refractivity contribution in [2.24, 2.45) is 0 Å². The Bertz CT molecular complexity index is 630. The Balaban J connectivity index is 2.20. The minimum Gasteiger partial charge on any atom is -0.485 e. The lowest BCUT2D eigenvalue weighted by Crippen LogP contribution is -2.05. The van der Waals surface area contributed by atoms with Crippen LogP contribution >= 0.6 is 15.9 Å². The van der Waals surface area contributed by atoms with E-state index in [4.69, 9.17) is 14.6 Å². The first-order valence-corrected chi connectivity index (χ1v) is 6.55. The summed E-state index contributed by atoms with van der Waals surface area (Å²) in [6, 6.07) is 10.2. The van der Waals surface area contributed by atoms with Crippen molar-refractivity contribution in [2.45, 2.75) is 6.61 Å². The van der Waals surface area contributed by atoms with Gasteiger partial charge in [0.1, 0.15) is 17.9 Å². The number of ether oxygens (including phenoxy) is 2. The van der Waals surface area contributed by atoms with E-state index < -0.39 is 5.97 Å². The second kappa shape index (κ2) is 6.38. The molecule has 0 saturated carbocycles. The molecule has 0 radical (unpaired) electrons. The molecule has 1 N–H and O–H groups in total. The second-order valence-corrected chi connectivity index (χ2v) is 4.74. The molecule has 0 aliphatic carbocycles. The number of carboxylic acid groups (broad SMARTS) is 1. The molecule has 6 heteroatoms. The van der Waals surface area contributed by atoms with Crippen LogP contribution in [-0.4, -0.2) is 23.2 Å². The van der Waals surface area contributed by atoms with Gasteiger partial charge >= 0.3 is 5.97 Å². The summed E-state index contributed by atoms with van der Waals surface area (Å²) in [6.45, 7) is 0.153. The van der Waals surface area contributed by atoms with Crippen LogP contribution in [0.5, 0.6) is 11.6 Å². The van der Waals surface area contributed by atoms with Crippen molar-refractivity contribution in [3.63, 3.8) is 0 Å². The minimum atomic E-state index is -1.04. The maximum Gasteiger partial charge on any atom is 0.339 e. The smallest absolute Gasteiger partial charge is 0.339 e. The lowest BCUT2D eigenvalue weighted by Gasteiger charge is -2.11. The fourth-order valence-corrected chi connectivity index (χ4v) is 2.10. The molecule has 1 heterocycles. The highest BCUT2D eigenvalue weighted by atomic mass is 79.9. The predicted octanol–water partition coefficient (Wildman–Crippen LogP) is 3.13. The Morgan fingerprint density at radius 1 is 1.30 bits per heavy atom. The van der Waals surface area contributed by atoms with E-state index in [1.165, 1.54) is 13.2 Å². The molecular weight excluding hydrogens is 326 g/mol. The number of halogens is 1. The van der Waals surface area contributed by atoms with E-state index in [2.05, 4.69) is 20.9 Å². The van der Waals surface area contributed by atoms with Gasteiger partial charge in [0.2, 0.25) is 5.88 Å². The fourth-order valence-electron chi connectivity index (χ4n) is 1.62. The second-order valence-electron chi connectivity index (χ2n) is 3.88. The van der Waals surface area contributed by atoms with Crippen LogP contribution in [0.1, 0.15) is 16.1 Å². The highest BCUT2D eigenvalue weighted by Crippen LogP contribution is 2.29. The fraction of sp³-hybridized carbons (Fsp3) is 0.143. The number of aromatic nitrogens is 1.